The number of aromatic nitrogens is 5. The first-order chi connectivity index (χ1) is 19.0. The summed E-state index contributed by atoms with van der Waals surface area (Å²) in [6.45, 7) is 3.33. The number of likely N-dealkylation sites (tertiary alicyclic amines) is 1. The minimum atomic E-state index is -4.58. The summed E-state index contributed by atoms with van der Waals surface area (Å²) in [5.74, 6) is -0.604. The molecular weight excluding hydrogens is 547 g/mol. The number of rotatable bonds is 6. The fourth-order valence-corrected chi connectivity index (χ4v) is 4.85. The highest BCUT2D eigenvalue weighted by molar-refractivity contribution is 6.32. The normalized spacial score (nSPS) is 15.0. The van der Waals surface area contributed by atoms with Crippen molar-refractivity contribution >= 4 is 23.2 Å². The maximum absolute atomic E-state index is 13.7. The molecule has 3 heterocycles. The van der Waals surface area contributed by atoms with Gasteiger partial charge >= 0.3 is 6.18 Å². The van der Waals surface area contributed by atoms with E-state index in [-0.39, 0.29) is 23.9 Å². The van der Waals surface area contributed by atoms with Crippen molar-refractivity contribution < 1.29 is 23.1 Å². The molecule has 0 aliphatic carbocycles. The van der Waals surface area contributed by atoms with E-state index >= 15 is 0 Å². The van der Waals surface area contributed by atoms with Gasteiger partial charge in [-0.15, -0.1) is 5.10 Å². The first-order valence-electron chi connectivity index (χ1n) is 12.6. The van der Waals surface area contributed by atoms with E-state index in [9.17, 15) is 23.1 Å². The summed E-state index contributed by atoms with van der Waals surface area (Å²) >= 11 is 6.40. The van der Waals surface area contributed by atoms with Crippen LogP contribution in [0.3, 0.4) is 0 Å². The Bertz CT molecular complexity index is 1540. The Morgan fingerprint density at radius 2 is 1.93 bits per heavy atom. The first kappa shape index (κ1) is 27.8. The number of amides is 1. The van der Waals surface area contributed by atoms with Crippen molar-refractivity contribution in [3.63, 3.8) is 0 Å². The van der Waals surface area contributed by atoms with Crippen molar-refractivity contribution in [3.8, 4) is 16.9 Å². The Hall–Kier alpha value is -3.74. The number of carbonyl (C=O) groups excluding carboxylic acids is 1. The van der Waals surface area contributed by atoms with Gasteiger partial charge in [0.1, 0.15) is 5.69 Å². The highest BCUT2D eigenvalue weighted by Crippen LogP contribution is 2.33. The Morgan fingerprint density at radius 3 is 2.60 bits per heavy atom. The molecule has 0 atom stereocenters. The zero-order chi connectivity index (χ0) is 28.6. The van der Waals surface area contributed by atoms with Crippen molar-refractivity contribution in [3.05, 3.63) is 76.2 Å². The second-order valence-corrected chi connectivity index (χ2v) is 10.3. The molecule has 0 unspecified atom stereocenters. The summed E-state index contributed by atoms with van der Waals surface area (Å²) < 4.78 is 44.2. The second kappa shape index (κ2) is 11.0. The number of aliphatic hydroxyl groups is 1. The lowest BCUT2D eigenvalue weighted by Crippen LogP contribution is -2.35. The quantitative estimate of drug-likeness (QED) is 0.342. The third-order valence-corrected chi connectivity index (χ3v) is 7.32. The Morgan fingerprint density at radius 1 is 1.18 bits per heavy atom. The highest BCUT2D eigenvalue weighted by Gasteiger charge is 2.32. The van der Waals surface area contributed by atoms with E-state index in [1.165, 1.54) is 28.9 Å². The lowest BCUT2D eigenvalue weighted by molar-refractivity contribution is -0.137. The Labute approximate surface area is 233 Å². The van der Waals surface area contributed by atoms with Crippen molar-refractivity contribution in [1.29, 1.82) is 0 Å². The number of benzene rings is 2. The smallest absolute Gasteiger partial charge is 0.393 e. The number of hydrogen-bond donors (Lipinski definition) is 2. The molecule has 13 heteroatoms. The van der Waals surface area contributed by atoms with Gasteiger partial charge in [0.25, 0.3) is 5.91 Å². The van der Waals surface area contributed by atoms with Crippen LogP contribution in [-0.4, -0.2) is 59.9 Å². The average molecular weight is 574 g/mol. The molecule has 4 aromatic rings. The van der Waals surface area contributed by atoms with Crippen molar-refractivity contribution in [2.75, 3.05) is 18.4 Å². The minimum Gasteiger partial charge on any atom is -0.393 e. The van der Waals surface area contributed by atoms with Gasteiger partial charge in [0.05, 0.1) is 34.8 Å². The molecule has 1 fully saturated rings. The lowest BCUT2D eigenvalue weighted by atomic mass is 10.0. The molecule has 2 aromatic heterocycles. The molecule has 40 heavy (non-hydrogen) atoms. The fourth-order valence-electron chi connectivity index (χ4n) is 4.64. The van der Waals surface area contributed by atoms with Crippen LogP contribution < -0.4 is 5.32 Å². The van der Waals surface area contributed by atoms with Crippen LogP contribution in [0.15, 0.2) is 48.8 Å². The molecule has 2 aromatic carbocycles. The number of nitrogens with zero attached hydrogens (tertiary/aromatic N) is 6. The topological polar surface area (TPSA) is 101 Å². The molecule has 1 saturated heterocycles. The van der Waals surface area contributed by atoms with Gasteiger partial charge in [0.2, 0.25) is 0 Å². The number of nitrogens with one attached hydrogen (secondary N) is 1. The SMILES string of the molecule is Cc1c(-c2cn(-c3cc(C(=O)Nc4cc(CN5CCC(O)CC5)cc(C(F)(F)F)c4)ccc3Cl)nn2)cnn1C. The molecule has 2 N–H and O–H groups in total. The van der Waals surface area contributed by atoms with Crippen LogP contribution >= 0.6 is 11.6 Å². The van der Waals surface area contributed by atoms with Crippen LogP contribution in [0.5, 0.6) is 0 Å². The zero-order valence-electron chi connectivity index (χ0n) is 21.8. The Kier molecular flexibility index (Phi) is 7.67. The molecule has 1 amide bonds. The average Bonchev–Trinajstić information content (AvgIpc) is 3.51. The van der Waals surface area contributed by atoms with Crippen LogP contribution in [0.25, 0.3) is 16.9 Å². The van der Waals surface area contributed by atoms with Gasteiger partial charge in [0, 0.05) is 49.2 Å². The van der Waals surface area contributed by atoms with Crippen LogP contribution in [0.2, 0.25) is 5.02 Å². The predicted molar refractivity (Wildman–Crippen MR) is 143 cm³/mol. The first-order valence-corrected chi connectivity index (χ1v) is 13.0. The fraction of sp³-hybridized carbons (Fsp3) is 0.333. The van der Waals surface area contributed by atoms with E-state index in [0.717, 1.165) is 23.4 Å². The standard InChI is InChI=1S/C27H27ClF3N7O2/c1-16-22(13-32-36(16)2)24-15-38(35-34-24)25-11-18(3-4-23(25)28)26(40)33-20-10-17(9-19(12-20)27(29,30)31)14-37-7-5-21(39)6-8-37/h3-4,9-13,15,21,39H,5-8,14H2,1-2H3,(H,33,40). The van der Waals surface area contributed by atoms with Gasteiger partial charge in [-0.05, 0) is 61.7 Å². The number of alkyl halides is 3. The van der Waals surface area contributed by atoms with Gasteiger partial charge in [0.15, 0.2) is 0 Å². The summed E-state index contributed by atoms with van der Waals surface area (Å²) in [6, 6.07) is 8.04. The van der Waals surface area contributed by atoms with E-state index in [1.54, 1.807) is 17.1 Å². The van der Waals surface area contributed by atoms with E-state index in [1.807, 2.05) is 18.9 Å². The molecule has 5 rings (SSSR count). The summed E-state index contributed by atoms with van der Waals surface area (Å²) in [6.07, 6.45) is -0.509. The number of aryl methyl sites for hydroxylation is 1. The summed E-state index contributed by atoms with van der Waals surface area (Å²) in [5, 5.41) is 25.2. The van der Waals surface area contributed by atoms with E-state index in [4.69, 9.17) is 11.6 Å². The number of anilines is 1. The number of hydrogen-bond acceptors (Lipinski definition) is 6. The van der Waals surface area contributed by atoms with E-state index in [2.05, 4.69) is 20.7 Å². The minimum absolute atomic E-state index is 0.0264. The van der Waals surface area contributed by atoms with Crippen LogP contribution in [0.4, 0.5) is 18.9 Å². The van der Waals surface area contributed by atoms with Crippen molar-refractivity contribution in [1.82, 2.24) is 29.7 Å². The lowest BCUT2D eigenvalue weighted by Gasteiger charge is -2.29. The molecule has 210 valence electrons. The third kappa shape index (κ3) is 6.03. The Balaban J connectivity index is 1.39. The maximum atomic E-state index is 13.7. The summed E-state index contributed by atoms with van der Waals surface area (Å²) in [7, 11) is 1.81. The summed E-state index contributed by atoms with van der Waals surface area (Å²) in [5.41, 5.74) is 2.40. The van der Waals surface area contributed by atoms with E-state index in [0.29, 0.717) is 47.9 Å². The number of aliphatic hydroxyl groups excluding tert-OH is 1. The van der Waals surface area contributed by atoms with Crippen molar-refractivity contribution in [2.24, 2.45) is 7.05 Å². The predicted octanol–water partition coefficient (Wildman–Crippen LogP) is 4.86. The van der Waals surface area contributed by atoms with Gasteiger partial charge in [-0.25, -0.2) is 4.68 Å². The second-order valence-electron chi connectivity index (χ2n) is 9.86. The monoisotopic (exact) mass is 573 g/mol. The molecule has 0 spiro atoms. The molecule has 9 nitrogen and oxygen atoms in total. The largest absolute Gasteiger partial charge is 0.416 e. The molecule has 1 aliphatic heterocycles. The highest BCUT2D eigenvalue weighted by atomic mass is 35.5. The third-order valence-electron chi connectivity index (χ3n) is 7.00. The zero-order valence-corrected chi connectivity index (χ0v) is 22.5. The molecule has 0 radical (unpaired) electrons. The number of piperidine rings is 1. The molecule has 0 bridgehead atoms. The number of carbonyl (C=O) groups is 1. The summed E-state index contributed by atoms with van der Waals surface area (Å²) in [4.78, 5) is 15.1. The van der Waals surface area contributed by atoms with E-state index < -0.39 is 17.6 Å². The van der Waals surface area contributed by atoms with Crippen molar-refractivity contribution in [2.45, 2.75) is 38.6 Å². The van der Waals surface area contributed by atoms with Gasteiger partial charge in [-0.3, -0.25) is 14.4 Å². The molecule has 0 saturated carbocycles. The van der Waals surface area contributed by atoms with Gasteiger partial charge in [-0.1, -0.05) is 16.8 Å². The van der Waals surface area contributed by atoms with Crippen LogP contribution in [-0.2, 0) is 19.8 Å². The molecular formula is C27H27ClF3N7O2. The van der Waals surface area contributed by atoms with Crippen LogP contribution in [0, 0.1) is 6.92 Å². The van der Waals surface area contributed by atoms with Gasteiger partial charge in [-0.2, -0.15) is 18.3 Å². The number of halogens is 4. The maximum Gasteiger partial charge on any atom is 0.416 e. The van der Waals surface area contributed by atoms with Gasteiger partial charge < -0.3 is 10.4 Å². The van der Waals surface area contributed by atoms with Crippen LogP contribution in [0.1, 0.15) is 40.0 Å². The molecule has 1 aliphatic rings.